The minimum atomic E-state index is 0.332. The molecule has 2 heteroatoms. The van der Waals surface area contributed by atoms with E-state index >= 15 is 0 Å². The molecule has 0 radical (unpaired) electrons. The van der Waals surface area contributed by atoms with E-state index in [1.807, 2.05) is 6.34 Å². The minimum absolute atomic E-state index is 0.332. The Morgan fingerprint density at radius 2 is 2.19 bits per heavy atom. The Morgan fingerprint density at radius 3 is 3.19 bits per heavy atom. The first-order valence-electron chi connectivity index (χ1n) is 5.44. The van der Waals surface area contributed by atoms with Crippen molar-refractivity contribution in [2.75, 3.05) is 0 Å². The van der Waals surface area contributed by atoms with Gasteiger partial charge in [-0.3, -0.25) is 0 Å². The second-order valence-electron chi connectivity index (χ2n) is 4.22. The largest absolute Gasteiger partial charge is 0.327 e. The topological polar surface area (TPSA) is 15.6 Å². The van der Waals surface area contributed by atoms with Crippen molar-refractivity contribution in [3.63, 3.8) is 0 Å². The van der Waals surface area contributed by atoms with E-state index in [2.05, 4.69) is 58.6 Å². The Hall–Kier alpha value is -2.09. The summed E-state index contributed by atoms with van der Waals surface area (Å²) in [6.45, 7) is 0. The number of benzene rings is 1. The summed E-state index contributed by atoms with van der Waals surface area (Å²) in [6.07, 6.45) is 12.6. The fourth-order valence-corrected chi connectivity index (χ4v) is 2.61. The maximum absolute atomic E-state index is 4.50. The van der Waals surface area contributed by atoms with E-state index in [1.54, 1.807) is 0 Å². The lowest BCUT2D eigenvalue weighted by atomic mass is 9.85. The van der Waals surface area contributed by atoms with Crippen LogP contribution >= 0.6 is 0 Å². The first-order valence-corrected chi connectivity index (χ1v) is 5.44. The molecular weight excluding hydrogens is 196 g/mol. The monoisotopic (exact) mass is 206 g/mol. The molecule has 1 atom stereocenters. The Bertz CT molecular complexity index is 591. The SMILES string of the molecule is C1=CN2C=Nc3cccc4c3C2C(=C1)C=C4. The van der Waals surface area contributed by atoms with Gasteiger partial charge in [0.1, 0.15) is 0 Å². The van der Waals surface area contributed by atoms with Gasteiger partial charge in [0.05, 0.1) is 18.1 Å². The predicted molar refractivity (Wildman–Crippen MR) is 65.4 cm³/mol. The smallest absolute Gasteiger partial charge is 0.0960 e. The molecule has 0 bridgehead atoms. The van der Waals surface area contributed by atoms with Crippen molar-refractivity contribution in [3.05, 3.63) is 59.3 Å². The number of aliphatic imine (C=N–C) groups is 1. The number of nitrogens with zero attached hydrogens (tertiary/aromatic N) is 2. The Balaban J connectivity index is 2.08. The molecule has 0 aromatic heterocycles. The summed E-state index contributed by atoms with van der Waals surface area (Å²) in [5.74, 6) is 0. The first-order chi connectivity index (χ1) is 7.93. The van der Waals surface area contributed by atoms with Crippen LogP contribution in [0.15, 0.2) is 53.2 Å². The molecule has 2 nitrogen and oxygen atoms in total. The highest BCUT2D eigenvalue weighted by molar-refractivity contribution is 5.79. The summed E-state index contributed by atoms with van der Waals surface area (Å²) in [6, 6.07) is 6.64. The molecule has 1 aliphatic carbocycles. The number of allylic oxidation sites excluding steroid dienone is 2. The van der Waals surface area contributed by atoms with Crippen molar-refractivity contribution in [2.24, 2.45) is 4.99 Å². The number of hydrogen-bond acceptors (Lipinski definition) is 2. The van der Waals surface area contributed by atoms with Crippen molar-refractivity contribution in [2.45, 2.75) is 6.04 Å². The average Bonchev–Trinajstić information content (AvgIpc) is 2.36. The van der Waals surface area contributed by atoms with Gasteiger partial charge in [0.25, 0.3) is 0 Å². The molecule has 0 spiro atoms. The van der Waals surface area contributed by atoms with Crippen molar-refractivity contribution < 1.29 is 0 Å². The van der Waals surface area contributed by atoms with Gasteiger partial charge < -0.3 is 4.90 Å². The molecule has 0 fully saturated rings. The lowest BCUT2D eigenvalue weighted by molar-refractivity contribution is 0.467. The second kappa shape index (κ2) is 2.73. The first kappa shape index (κ1) is 8.11. The third-order valence-corrected chi connectivity index (χ3v) is 3.34. The summed E-state index contributed by atoms with van der Waals surface area (Å²) < 4.78 is 0. The van der Waals surface area contributed by atoms with Crippen LogP contribution in [0.4, 0.5) is 5.69 Å². The summed E-state index contributed by atoms with van der Waals surface area (Å²) in [5.41, 5.74) is 5.07. The van der Waals surface area contributed by atoms with Gasteiger partial charge in [0, 0.05) is 11.8 Å². The van der Waals surface area contributed by atoms with E-state index in [4.69, 9.17) is 0 Å². The Labute approximate surface area is 93.9 Å². The van der Waals surface area contributed by atoms with Crippen LogP contribution in [0.5, 0.6) is 0 Å². The van der Waals surface area contributed by atoms with E-state index < -0.39 is 0 Å². The van der Waals surface area contributed by atoms with Crippen LogP contribution in [0.1, 0.15) is 17.2 Å². The molecule has 0 saturated heterocycles. The Morgan fingerprint density at radius 1 is 1.19 bits per heavy atom. The zero-order chi connectivity index (χ0) is 10.5. The van der Waals surface area contributed by atoms with Crippen LogP contribution in [-0.2, 0) is 0 Å². The van der Waals surface area contributed by atoms with Crippen LogP contribution in [0.3, 0.4) is 0 Å². The molecule has 1 unspecified atom stereocenters. The zero-order valence-corrected chi connectivity index (χ0v) is 8.67. The van der Waals surface area contributed by atoms with E-state index in [1.165, 1.54) is 16.7 Å². The molecule has 4 rings (SSSR count). The molecule has 16 heavy (non-hydrogen) atoms. The van der Waals surface area contributed by atoms with Gasteiger partial charge in [-0.15, -0.1) is 0 Å². The molecule has 76 valence electrons. The molecule has 0 amide bonds. The standard InChI is InChI=1S/C14H10N2/c1-3-10-6-7-11-4-2-8-16-9-15-12(5-1)13(10)14(11)16/h1-9,14H. The molecule has 0 saturated carbocycles. The lowest BCUT2D eigenvalue weighted by Crippen LogP contribution is -2.29. The Kier molecular flexibility index (Phi) is 1.38. The van der Waals surface area contributed by atoms with E-state index in [0.717, 1.165) is 5.69 Å². The average molecular weight is 206 g/mol. The molecule has 1 aromatic rings. The number of hydrogen-bond donors (Lipinski definition) is 0. The highest BCUT2D eigenvalue weighted by atomic mass is 15.2. The summed E-state index contributed by atoms with van der Waals surface area (Å²) in [5, 5.41) is 0. The minimum Gasteiger partial charge on any atom is -0.327 e. The highest BCUT2D eigenvalue weighted by Crippen LogP contribution is 2.44. The van der Waals surface area contributed by atoms with Crippen molar-refractivity contribution >= 4 is 18.1 Å². The fraction of sp³-hybridized carbons (Fsp3) is 0.0714. The molecule has 3 aliphatic rings. The summed E-state index contributed by atoms with van der Waals surface area (Å²) in [7, 11) is 0. The van der Waals surface area contributed by atoms with Gasteiger partial charge in [0.2, 0.25) is 0 Å². The summed E-state index contributed by atoms with van der Waals surface area (Å²) >= 11 is 0. The van der Waals surface area contributed by atoms with E-state index in [-0.39, 0.29) is 0 Å². The zero-order valence-electron chi connectivity index (χ0n) is 8.67. The van der Waals surface area contributed by atoms with Gasteiger partial charge >= 0.3 is 0 Å². The van der Waals surface area contributed by atoms with Crippen LogP contribution in [0, 0.1) is 0 Å². The van der Waals surface area contributed by atoms with Crippen molar-refractivity contribution in [1.82, 2.24) is 4.90 Å². The normalized spacial score (nSPS) is 23.1. The second-order valence-corrected chi connectivity index (χ2v) is 4.22. The predicted octanol–water partition coefficient (Wildman–Crippen LogP) is 3.18. The van der Waals surface area contributed by atoms with Crippen LogP contribution in [0.2, 0.25) is 0 Å². The molecule has 2 heterocycles. The van der Waals surface area contributed by atoms with Gasteiger partial charge in [-0.2, -0.15) is 0 Å². The van der Waals surface area contributed by atoms with Crippen LogP contribution in [0.25, 0.3) is 6.08 Å². The molecule has 1 aromatic carbocycles. The summed E-state index contributed by atoms with van der Waals surface area (Å²) in [4.78, 5) is 6.67. The fourth-order valence-electron chi connectivity index (χ4n) is 2.61. The third kappa shape index (κ3) is 0.890. The van der Waals surface area contributed by atoms with Gasteiger partial charge in [-0.1, -0.05) is 30.4 Å². The van der Waals surface area contributed by atoms with Crippen molar-refractivity contribution in [3.8, 4) is 0 Å². The quantitative estimate of drug-likeness (QED) is 0.636. The van der Waals surface area contributed by atoms with Gasteiger partial charge in [-0.05, 0) is 23.3 Å². The van der Waals surface area contributed by atoms with E-state index in [0.29, 0.717) is 6.04 Å². The highest BCUT2D eigenvalue weighted by Gasteiger charge is 2.30. The number of rotatable bonds is 0. The van der Waals surface area contributed by atoms with Crippen molar-refractivity contribution in [1.29, 1.82) is 0 Å². The van der Waals surface area contributed by atoms with Crippen LogP contribution in [-0.4, -0.2) is 11.2 Å². The lowest BCUT2D eigenvalue weighted by Gasteiger charge is -2.37. The molecular formula is C14H10N2. The van der Waals surface area contributed by atoms with Gasteiger partial charge in [0.15, 0.2) is 0 Å². The molecule has 0 N–H and O–H groups in total. The van der Waals surface area contributed by atoms with Gasteiger partial charge in [-0.25, -0.2) is 4.99 Å². The third-order valence-electron chi connectivity index (χ3n) is 3.34. The van der Waals surface area contributed by atoms with Crippen LogP contribution < -0.4 is 0 Å². The maximum atomic E-state index is 4.50. The maximum Gasteiger partial charge on any atom is 0.0960 e. The van der Waals surface area contributed by atoms with E-state index in [9.17, 15) is 0 Å². The molecule has 2 aliphatic heterocycles.